The molecule has 102 valence electrons. The topological polar surface area (TPSA) is 53.6 Å². The lowest BCUT2D eigenvalue weighted by molar-refractivity contribution is 1.10. The van der Waals surface area contributed by atoms with Crippen molar-refractivity contribution in [3.05, 3.63) is 52.4 Å². The summed E-state index contributed by atoms with van der Waals surface area (Å²) in [4.78, 5) is 11.7. The fraction of sp³-hybridized carbons (Fsp3) is 0.200. The summed E-state index contributed by atoms with van der Waals surface area (Å²) in [6, 6.07) is 6.03. The zero-order valence-electron chi connectivity index (χ0n) is 11.4. The molecular formula is C15H15ClN4. The highest BCUT2D eigenvalue weighted by molar-refractivity contribution is 6.32. The Bertz CT molecular complexity index is 764. The van der Waals surface area contributed by atoms with Gasteiger partial charge in [-0.25, -0.2) is 9.97 Å². The molecule has 2 aromatic heterocycles. The van der Waals surface area contributed by atoms with Crippen LogP contribution in [0.3, 0.4) is 0 Å². The van der Waals surface area contributed by atoms with Crippen LogP contribution in [0.5, 0.6) is 0 Å². The summed E-state index contributed by atoms with van der Waals surface area (Å²) in [5.41, 5.74) is 4.11. The largest absolute Gasteiger partial charge is 0.365 e. The summed E-state index contributed by atoms with van der Waals surface area (Å²) >= 11 is 6.31. The molecule has 5 heteroatoms. The van der Waals surface area contributed by atoms with E-state index in [1.807, 2.05) is 38.2 Å². The lowest BCUT2D eigenvalue weighted by atomic mass is 10.1. The minimum Gasteiger partial charge on any atom is -0.365 e. The highest BCUT2D eigenvalue weighted by Crippen LogP contribution is 2.25. The Morgan fingerprint density at radius 1 is 1.20 bits per heavy atom. The number of aromatic amines is 1. The van der Waals surface area contributed by atoms with Crippen LogP contribution in [0.2, 0.25) is 5.02 Å². The molecule has 0 saturated carbocycles. The molecule has 0 amide bonds. The van der Waals surface area contributed by atoms with E-state index < -0.39 is 0 Å². The van der Waals surface area contributed by atoms with E-state index in [1.54, 1.807) is 6.33 Å². The van der Waals surface area contributed by atoms with Crippen LogP contribution in [-0.4, -0.2) is 15.0 Å². The van der Waals surface area contributed by atoms with Gasteiger partial charge in [-0.05, 0) is 30.5 Å². The number of aryl methyl sites for hydroxylation is 2. The number of rotatable bonds is 3. The van der Waals surface area contributed by atoms with Crippen molar-refractivity contribution in [1.82, 2.24) is 15.0 Å². The number of nitrogens with zero attached hydrogens (tertiary/aromatic N) is 2. The van der Waals surface area contributed by atoms with E-state index in [2.05, 4.69) is 20.3 Å². The number of benzene rings is 1. The molecule has 2 N–H and O–H groups in total. The Balaban J connectivity index is 1.91. The molecule has 1 aromatic carbocycles. The third kappa shape index (κ3) is 2.23. The quantitative estimate of drug-likeness (QED) is 0.769. The van der Waals surface area contributed by atoms with Crippen molar-refractivity contribution in [2.75, 3.05) is 5.32 Å². The molecule has 0 atom stereocenters. The molecule has 0 saturated heterocycles. The van der Waals surface area contributed by atoms with Crippen molar-refractivity contribution < 1.29 is 0 Å². The van der Waals surface area contributed by atoms with E-state index >= 15 is 0 Å². The Hall–Kier alpha value is -2.07. The zero-order chi connectivity index (χ0) is 14.1. The first-order valence-corrected chi connectivity index (χ1v) is 6.81. The third-order valence-electron chi connectivity index (χ3n) is 3.39. The highest BCUT2D eigenvalue weighted by atomic mass is 35.5. The van der Waals surface area contributed by atoms with Gasteiger partial charge in [-0.1, -0.05) is 29.8 Å². The van der Waals surface area contributed by atoms with Gasteiger partial charge in [-0.3, -0.25) is 0 Å². The number of halogens is 1. The van der Waals surface area contributed by atoms with Crippen molar-refractivity contribution in [2.45, 2.75) is 20.4 Å². The fourth-order valence-corrected chi connectivity index (χ4v) is 2.47. The normalized spacial score (nSPS) is 10.9. The Morgan fingerprint density at radius 2 is 2.05 bits per heavy atom. The molecule has 3 rings (SSSR count). The maximum absolute atomic E-state index is 6.31. The summed E-state index contributed by atoms with van der Waals surface area (Å²) in [7, 11) is 0. The van der Waals surface area contributed by atoms with Crippen LogP contribution in [-0.2, 0) is 6.54 Å². The van der Waals surface area contributed by atoms with Gasteiger partial charge in [0.25, 0.3) is 0 Å². The van der Waals surface area contributed by atoms with Gasteiger partial charge in [0.1, 0.15) is 17.8 Å². The summed E-state index contributed by atoms with van der Waals surface area (Å²) in [6.07, 6.45) is 3.49. The highest BCUT2D eigenvalue weighted by Gasteiger charge is 2.09. The van der Waals surface area contributed by atoms with Crippen LogP contribution < -0.4 is 5.32 Å². The first-order chi connectivity index (χ1) is 9.66. The van der Waals surface area contributed by atoms with Gasteiger partial charge in [0, 0.05) is 17.8 Å². The third-order valence-corrected chi connectivity index (χ3v) is 3.93. The van der Waals surface area contributed by atoms with Crippen LogP contribution in [0.1, 0.15) is 16.7 Å². The smallest absolute Gasteiger partial charge is 0.143 e. The van der Waals surface area contributed by atoms with Crippen LogP contribution >= 0.6 is 11.6 Å². The molecule has 0 aliphatic heterocycles. The van der Waals surface area contributed by atoms with Crippen LogP contribution in [0.15, 0.2) is 30.7 Å². The van der Waals surface area contributed by atoms with Crippen LogP contribution in [0, 0.1) is 13.8 Å². The SMILES string of the molecule is Cc1cccc(CNc2ncnc3[nH]cc(C)c23)c1Cl. The average Bonchev–Trinajstić information content (AvgIpc) is 2.83. The van der Waals surface area contributed by atoms with E-state index in [4.69, 9.17) is 11.6 Å². The van der Waals surface area contributed by atoms with E-state index in [9.17, 15) is 0 Å². The predicted molar refractivity (Wildman–Crippen MR) is 82.1 cm³/mol. The van der Waals surface area contributed by atoms with E-state index in [-0.39, 0.29) is 0 Å². The van der Waals surface area contributed by atoms with E-state index in [0.717, 1.165) is 38.6 Å². The first kappa shape index (κ1) is 12.9. The van der Waals surface area contributed by atoms with Crippen molar-refractivity contribution in [3.8, 4) is 0 Å². The number of fused-ring (bicyclic) bond motifs is 1. The minimum atomic E-state index is 0.636. The van der Waals surface area contributed by atoms with Crippen molar-refractivity contribution in [2.24, 2.45) is 0 Å². The van der Waals surface area contributed by atoms with Crippen LogP contribution in [0.4, 0.5) is 5.82 Å². The first-order valence-electron chi connectivity index (χ1n) is 6.43. The molecule has 0 aliphatic carbocycles. The summed E-state index contributed by atoms with van der Waals surface area (Å²) in [5, 5.41) is 5.17. The molecular weight excluding hydrogens is 272 g/mol. The minimum absolute atomic E-state index is 0.636. The monoisotopic (exact) mass is 286 g/mol. The predicted octanol–water partition coefficient (Wildman–Crippen LogP) is 3.84. The van der Waals surface area contributed by atoms with E-state index in [1.165, 1.54) is 0 Å². The molecule has 0 aliphatic rings. The second kappa shape index (κ2) is 5.13. The molecule has 0 bridgehead atoms. The Kier molecular flexibility index (Phi) is 3.32. The molecule has 0 radical (unpaired) electrons. The van der Waals surface area contributed by atoms with Gasteiger partial charge >= 0.3 is 0 Å². The molecule has 0 spiro atoms. The molecule has 2 heterocycles. The van der Waals surface area contributed by atoms with E-state index in [0.29, 0.717) is 6.54 Å². The standard InChI is InChI=1S/C15H15ClN4/c1-9-4-3-5-11(13(9)16)7-18-15-12-10(2)6-17-14(12)19-8-20-15/h3-6,8H,7H2,1-2H3,(H2,17,18,19,20). The van der Waals surface area contributed by atoms with Gasteiger partial charge < -0.3 is 10.3 Å². The van der Waals surface area contributed by atoms with Gasteiger partial charge in [0.15, 0.2) is 0 Å². The summed E-state index contributed by atoms with van der Waals surface area (Å²) in [6.45, 7) is 4.68. The van der Waals surface area contributed by atoms with Gasteiger partial charge in [0.2, 0.25) is 0 Å². The number of nitrogens with one attached hydrogen (secondary N) is 2. The molecule has 20 heavy (non-hydrogen) atoms. The van der Waals surface area contributed by atoms with Gasteiger partial charge in [-0.15, -0.1) is 0 Å². The van der Waals surface area contributed by atoms with Crippen molar-refractivity contribution >= 4 is 28.5 Å². The number of anilines is 1. The summed E-state index contributed by atoms with van der Waals surface area (Å²) < 4.78 is 0. The Morgan fingerprint density at radius 3 is 2.90 bits per heavy atom. The molecule has 0 fully saturated rings. The fourth-order valence-electron chi connectivity index (χ4n) is 2.28. The second-order valence-corrected chi connectivity index (χ2v) is 5.20. The number of hydrogen-bond donors (Lipinski definition) is 2. The molecule has 3 aromatic rings. The summed E-state index contributed by atoms with van der Waals surface area (Å²) in [5.74, 6) is 0.825. The maximum Gasteiger partial charge on any atom is 0.143 e. The van der Waals surface area contributed by atoms with Crippen molar-refractivity contribution in [3.63, 3.8) is 0 Å². The number of H-pyrrole nitrogens is 1. The molecule has 0 unspecified atom stereocenters. The number of hydrogen-bond acceptors (Lipinski definition) is 3. The second-order valence-electron chi connectivity index (χ2n) is 4.82. The lowest BCUT2D eigenvalue weighted by Gasteiger charge is -2.10. The number of aromatic nitrogens is 3. The van der Waals surface area contributed by atoms with Crippen LogP contribution in [0.25, 0.3) is 11.0 Å². The lowest BCUT2D eigenvalue weighted by Crippen LogP contribution is -2.03. The van der Waals surface area contributed by atoms with Crippen molar-refractivity contribution in [1.29, 1.82) is 0 Å². The van der Waals surface area contributed by atoms with Gasteiger partial charge in [0.05, 0.1) is 5.39 Å². The average molecular weight is 287 g/mol. The Labute approximate surface area is 122 Å². The zero-order valence-corrected chi connectivity index (χ0v) is 12.1. The molecule has 4 nitrogen and oxygen atoms in total. The maximum atomic E-state index is 6.31. The van der Waals surface area contributed by atoms with Gasteiger partial charge in [-0.2, -0.15) is 0 Å².